The van der Waals surface area contributed by atoms with Crippen molar-refractivity contribution in [3.63, 3.8) is 0 Å². The van der Waals surface area contributed by atoms with Crippen molar-refractivity contribution in [3.05, 3.63) is 77.0 Å². The number of halogens is 2. The van der Waals surface area contributed by atoms with Crippen molar-refractivity contribution in [1.82, 2.24) is 24.6 Å². The van der Waals surface area contributed by atoms with Gasteiger partial charge in [-0.05, 0) is 49.7 Å². The second kappa shape index (κ2) is 8.78. The van der Waals surface area contributed by atoms with Crippen molar-refractivity contribution in [1.29, 1.82) is 0 Å². The number of nitrogens with zero attached hydrogens (tertiary/aromatic N) is 6. The van der Waals surface area contributed by atoms with E-state index in [0.717, 1.165) is 29.9 Å². The normalized spacial score (nSPS) is 14.5. The van der Waals surface area contributed by atoms with Gasteiger partial charge in [0, 0.05) is 36.8 Å². The first-order chi connectivity index (χ1) is 16.0. The molecule has 5 rings (SSSR count). The molecule has 0 saturated carbocycles. The quantitative estimate of drug-likeness (QED) is 0.453. The summed E-state index contributed by atoms with van der Waals surface area (Å²) < 4.78 is 15.3. The number of carbonyl (C=O) groups is 1. The van der Waals surface area contributed by atoms with Crippen molar-refractivity contribution in [3.8, 4) is 5.69 Å². The van der Waals surface area contributed by atoms with Crippen LogP contribution in [0.15, 0.2) is 54.7 Å². The number of aromatic nitrogens is 4. The number of benzene rings is 2. The molecular formula is C24H22ClFN6O. The highest BCUT2D eigenvalue weighted by Crippen LogP contribution is 2.27. The first-order valence-corrected chi connectivity index (χ1v) is 11.2. The fourth-order valence-corrected chi connectivity index (χ4v) is 4.36. The van der Waals surface area contributed by atoms with Crippen LogP contribution in [-0.2, 0) is 0 Å². The molecule has 0 unspecified atom stereocenters. The molecule has 1 fully saturated rings. The molecule has 168 valence electrons. The summed E-state index contributed by atoms with van der Waals surface area (Å²) in [4.78, 5) is 26.2. The van der Waals surface area contributed by atoms with E-state index in [9.17, 15) is 9.18 Å². The van der Waals surface area contributed by atoms with E-state index >= 15 is 0 Å². The van der Waals surface area contributed by atoms with Gasteiger partial charge in [-0.2, -0.15) is 5.10 Å². The number of fused-ring (bicyclic) bond motifs is 1. The van der Waals surface area contributed by atoms with Crippen LogP contribution in [0.25, 0.3) is 16.7 Å². The lowest BCUT2D eigenvalue weighted by Gasteiger charge is -2.23. The summed E-state index contributed by atoms with van der Waals surface area (Å²) in [5.74, 6) is 0.867. The Morgan fingerprint density at radius 3 is 2.70 bits per heavy atom. The van der Waals surface area contributed by atoms with E-state index in [0.29, 0.717) is 41.7 Å². The SMILES string of the molecule is Cc1nc(N2CCCN(C(=O)c3cccc(F)c3)CC2)c2cnn(-c3cccc(Cl)c3)c2n1. The summed E-state index contributed by atoms with van der Waals surface area (Å²) in [6, 6.07) is 13.3. The molecule has 0 N–H and O–H groups in total. The average molecular weight is 465 g/mol. The summed E-state index contributed by atoms with van der Waals surface area (Å²) in [6.45, 7) is 4.31. The summed E-state index contributed by atoms with van der Waals surface area (Å²) in [6.07, 6.45) is 2.54. The number of anilines is 1. The van der Waals surface area contributed by atoms with Crippen LogP contribution < -0.4 is 4.90 Å². The van der Waals surface area contributed by atoms with Gasteiger partial charge in [-0.3, -0.25) is 4.79 Å². The third kappa shape index (κ3) is 4.26. The number of carbonyl (C=O) groups excluding carboxylic acids is 1. The maximum absolute atomic E-state index is 13.6. The van der Waals surface area contributed by atoms with Crippen molar-refractivity contribution in [2.75, 3.05) is 31.1 Å². The highest BCUT2D eigenvalue weighted by molar-refractivity contribution is 6.30. The highest BCUT2D eigenvalue weighted by atomic mass is 35.5. The Morgan fingerprint density at radius 2 is 1.88 bits per heavy atom. The molecule has 0 bridgehead atoms. The van der Waals surface area contributed by atoms with Crippen LogP contribution in [0.1, 0.15) is 22.6 Å². The Kier molecular flexibility index (Phi) is 5.68. The predicted molar refractivity (Wildman–Crippen MR) is 126 cm³/mol. The molecule has 1 aliphatic rings. The molecule has 9 heteroatoms. The molecule has 3 heterocycles. The minimum atomic E-state index is -0.409. The lowest BCUT2D eigenvalue weighted by Crippen LogP contribution is -2.35. The summed E-state index contributed by atoms with van der Waals surface area (Å²) >= 11 is 6.17. The number of amides is 1. The molecule has 2 aromatic heterocycles. The Morgan fingerprint density at radius 1 is 1.03 bits per heavy atom. The monoisotopic (exact) mass is 464 g/mol. The molecule has 0 atom stereocenters. The van der Waals surface area contributed by atoms with Crippen molar-refractivity contribution in [2.24, 2.45) is 0 Å². The summed E-state index contributed by atoms with van der Waals surface area (Å²) in [5, 5.41) is 6.01. The van der Waals surface area contributed by atoms with Crippen LogP contribution in [0.3, 0.4) is 0 Å². The standard InChI is InChI=1S/C24H22ClFN6O/c1-16-28-22(21-15-27-32(23(21)29-16)20-8-3-6-18(25)14-20)30-9-4-10-31(12-11-30)24(33)17-5-2-7-19(26)13-17/h2-3,5-8,13-15H,4,9-12H2,1H3. The maximum Gasteiger partial charge on any atom is 0.254 e. The lowest BCUT2D eigenvalue weighted by molar-refractivity contribution is 0.0766. The molecule has 1 aliphatic heterocycles. The maximum atomic E-state index is 13.6. The fraction of sp³-hybridized carbons (Fsp3) is 0.250. The zero-order valence-electron chi connectivity index (χ0n) is 18.1. The Bertz CT molecular complexity index is 1340. The molecule has 1 amide bonds. The minimum absolute atomic E-state index is 0.158. The van der Waals surface area contributed by atoms with Gasteiger partial charge >= 0.3 is 0 Å². The number of rotatable bonds is 3. The molecule has 7 nitrogen and oxygen atoms in total. The molecular weight excluding hydrogens is 443 g/mol. The Labute approximate surface area is 195 Å². The van der Waals surface area contributed by atoms with E-state index < -0.39 is 5.82 Å². The predicted octanol–water partition coefficient (Wildman–Crippen LogP) is 4.27. The summed E-state index contributed by atoms with van der Waals surface area (Å²) in [5.41, 5.74) is 1.90. The fourth-order valence-electron chi connectivity index (χ4n) is 4.17. The van der Waals surface area contributed by atoms with E-state index in [1.165, 1.54) is 12.1 Å². The Balaban J connectivity index is 1.43. The van der Waals surface area contributed by atoms with Gasteiger partial charge in [-0.25, -0.2) is 19.0 Å². The Hall–Kier alpha value is -3.52. The largest absolute Gasteiger partial charge is 0.354 e. The van der Waals surface area contributed by atoms with Gasteiger partial charge in [0.25, 0.3) is 5.91 Å². The zero-order valence-corrected chi connectivity index (χ0v) is 18.8. The van der Waals surface area contributed by atoms with Gasteiger partial charge in [-0.15, -0.1) is 0 Å². The van der Waals surface area contributed by atoms with E-state index in [4.69, 9.17) is 16.6 Å². The molecule has 33 heavy (non-hydrogen) atoms. The molecule has 2 aromatic carbocycles. The second-order valence-corrected chi connectivity index (χ2v) is 8.45. The minimum Gasteiger partial charge on any atom is -0.354 e. The van der Waals surface area contributed by atoms with E-state index in [1.54, 1.807) is 27.9 Å². The van der Waals surface area contributed by atoms with Crippen LogP contribution in [0.4, 0.5) is 10.2 Å². The first kappa shape index (κ1) is 21.3. The van der Waals surface area contributed by atoms with Crippen LogP contribution in [0.5, 0.6) is 0 Å². The second-order valence-electron chi connectivity index (χ2n) is 8.01. The molecule has 0 spiro atoms. The van der Waals surface area contributed by atoms with Crippen LogP contribution in [-0.4, -0.2) is 56.7 Å². The van der Waals surface area contributed by atoms with Gasteiger partial charge in [-0.1, -0.05) is 23.7 Å². The van der Waals surface area contributed by atoms with Gasteiger partial charge in [0.15, 0.2) is 5.65 Å². The number of hydrogen-bond acceptors (Lipinski definition) is 5. The summed E-state index contributed by atoms with van der Waals surface area (Å²) in [7, 11) is 0. The third-order valence-corrected chi connectivity index (χ3v) is 5.96. The lowest BCUT2D eigenvalue weighted by atomic mass is 10.2. The van der Waals surface area contributed by atoms with E-state index in [2.05, 4.69) is 15.0 Å². The van der Waals surface area contributed by atoms with E-state index in [-0.39, 0.29) is 5.91 Å². The topological polar surface area (TPSA) is 67.2 Å². The van der Waals surface area contributed by atoms with Crippen LogP contribution >= 0.6 is 11.6 Å². The van der Waals surface area contributed by atoms with Gasteiger partial charge in [0.1, 0.15) is 17.5 Å². The van der Waals surface area contributed by atoms with Crippen LogP contribution in [0, 0.1) is 12.7 Å². The first-order valence-electron chi connectivity index (χ1n) is 10.8. The van der Waals surface area contributed by atoms with Gasteiger partial charge < -0.3 is 9.80 Å². The number of hydrogen-bond donors (Lipinski definition) is 0. The molecule has 0 aliphatic carbocycles. The van der Waals surface area contributed by atoms with E-state index in [1.807, 2.05) is 31.2 Å². The van der Waals surface area contributed by atoms with Crippen LogP contribution in [0.2, 0.25) is 5.02 Å². The molecule has 1 saturated heterocycles. The van der Waals surface area contributed by atoms with Crippen molar-refractivity contribution >= 4 is 34.4 Å². The van der Waals surface area contributed by atoms with Crippen molar-refractivity contribution in [2.45, 2.75) is 13.3 Å². The van der Waals surface area contributed by atoms with Crippen molar-refractivity contribution < 1.29 is 9.18 Å². The third-order valence-electron chi connectivity index (χ3n) is 5.73. The van der Waals surface area contributed by atoms with Gasteiger partial charge in [0.05, 0.1) is 17.3 Å². The number of aryl methyl sites for hydroxylation is 1. The smallest absolute Gasteiger partial charge is 0.254 e. The zero-order chi connectivity index (χ0) is 22.9. The molecule has 4 aromatic rings. The molecule has 0 radical (unpaired) electrons. The van der Waals surface area contributed by atoms with Gasteiger partial charge in [0.2, 0.25) is 0 Å². The average Bonchev–Trinajstić information content (AvgIpc) is 3.06. The highest BCUT2D eigenvalue weighted by Gasteiger charge is 2.24.